The molecule has 0 aliphatic carbocycles. The molecule has 46 heavy (non-hydrogen) atoms. The molecule has 0 amide bonds. The molecule has 0 saturated carbocycles. The van der Waals surface area contributed by atoms with Crippen molar-refractivity contribution in [1.29, 1.82) is 0 Å². The van der Waals surface area contributed by atoms with Crippen LogP contribution in [0.1, 0.15) is 11.4 Å². The summed E-state index contributed by atoms with van der Waals surface area (Å²) in [5.74, 6) is -4.50. The number of aromatic nitrogens is 4. The lowest BCUT2D eigenvalue weighted by Crippen LogP contribution is -2.41. The summed E-state index contributed by atoms with van der Waals surface area (Å²) in [6, 6.07) is 1.84. The number of ether oxygens (including phenoxy) is 2. The van der Waals surface area contributed by atoms with Gasteiger partial charge in [-0.05, 0) is 12.1 Å². The van der Waals surface area contributed by atoms with E-state index < -0.39 is 96.9 Å². The maximum Gasteiger partial charge on any atom is 0.519 e. The fourth-order valence-corrected chi connectivity index (χ4v) is 4.35. The van der Waals surface area contributed by atoms with Gasteiger partial charge in [-0.25, -0.2) is 32.3 Å². The van der Waals surface area contributed by atoms with Crippen molar-refractivity contribution in [2.24, 2.45) is 14.1 Å². The van der Waals surface area contributed by atoms with Crippen molar-refractivity contribution in [2.75, 3.05) is 0 Å². The Morgan fingerprint density at radius 2 is 0.957 bits per heavy atom. The first-order valence-electron chi connectivity index (χ1n) is 11.8. The smallest absolute Gasteiger partial charge is 0.393 e. The first-order chi connectivity index (χ1) is 21.1. The Labute approximate surface area is 257 Å². The molecule has 0 spiro atoms. The predicted molar refractivity (Wildman–Crippen MR) is 141 cm³/mol. The maximum absolute atomic E-state index is 14.8. The van der Waals surface area contributed by atoms with Crippen LogP contribution in [0.15, 0.2) is 55.6 Å². The molecular weight excluding hydrogens is 691 g/mol. The van der Waals surface area contributed by atoms with E-state index >= 15 is 0 Å². The predicted octanol–water partition coefficient (Wildman–Crippen LogP) is 4.59. The summed E-state index contributed by atoms with van der Waals surface area (Å²) in [7, 11) is 1.30. The van der Waals surface area contributed by atoms with Gasteiger partial charge in [-0.15, -0.1) is 0 Å². The molecule has 0 unspecified atom stereocenters. The summed E-state index contributed by atoms with van der Waals surface area (Å²) in [6.07, 6.45) is -12.0. The molecule has 0 aliphatic rings. The van der Waals surface area contributed by atoms with Crippen LogP contribution in [0.25, 0.3) is 11.4 Å². The number of carbonyl (C=O) groups excluding carboxylic acids is 1. The monoisotopic (exact) mass is 702 g/mol. The van der Waals surface area contributed by atoms with Gasteiger partial charge in [-0.2, -0.15) is 26.3 Å². The van der Waals surface area contributed by atoms with E-state index in [0.717, 1.165) is 0 Å². The van der Waals surface area contributed by atoms with Crippen LogP contribution < -0.4 is 32.0 Å². The summed E-state index contributed by atoms with van der Waals surface area (Å²) >= 11 is 11.7. The summed E-state index contributed by atoms with van der Waals surface area (Å²) in [5, 5.41) is -1.39. The van der Waals surface area contributed by atoms with Crippen LogP contribution in [-0.4, -0.2) is 24.4 Å². The maximum atomic E-state index is 14.8. The topological polar surface area (TPSA) is 124 Å². The highest BCUT2D eigenvalue weighted by Gasteiger charge is 2.36. The van der Waals surface area contributed by atoms with Gasteiger partial charge in [0, 0.05) is 38.4 Å². The average Bonchev–Trinajstić information content (AvgIpc) is 2.91. The van der Waals surface area contributed by atoms with E-state index in [1.165, 1.54) is 0 Å². The summed E-state index contributed by atoms with van der Waals surface area (Å²) in [5.41, 5.74) is -11.9. The molecule has 244 valence electrons. The number of hydrogen-bond donors (Lipinski definition) is 0. The first-order valence-corrected chi connectivity index (χ1v) is 12.6. The van der Waals surface area contributed by atoms with Crippen molar-refractivity contribution in [3.63, 3.8) is 0 Å². The number of alkyl halides is 6. The van der Waals surface area contributed by atoms with Gasteiger partial charge in [-0.1, -0.05) is 23.2 Å². The van der Waals surface area contributed by atoms with Crippen LogP contribution in [0.4, 0.5) is 39.9 Å². The van der Waals surface area contributed by atoms with E-state index in [9.17, 15) is 59.1 Å². The Hall–Kier alpha value is -4.91. The molecule has 0 bridgehead atoms. The molecule has 0 aliphatic heterocycles. The van der Waals surface area contributed by atoms with Crippen molar-refractivity contribution < 1.29 is 49.4 Å². The van der Waals surface area contributed by atoms with E-state index in [1.807, 2.05) is 0 Å². The van der Waals surface area contributed by atoms with E-state index in [-0.39, 0.29) is 30.4 Å². The number of hydrogen-bond acceptors (Lipinski definition) is 7. The molecule has 2 heterocycles. The molecule has 0 saturated heterocycles. The SMILES string of the molecule is Cn1c(C(F)(F)F)cc(=O)n(-c2cc(OC(=O)Oc3cc(-n4c(=O)cc(C(F)(F)F)n(C)c4=O)c(F)cc3Cl)c(Cl)cc2F)c1=O. The molecule has 0 radical (unpaired) electrons. The zero-order valence-electron chi connectivity index (χ0n) is 22.4. The van der Waals surface area contributed by atoms with Gasteiger partial charge in [0.05, 0.1) is 21.4 Å². The third-order valence-electron chi connectivity index (χ3n) is 6.09. The fraction of sp³-hybridized carbons (Fsp3) is 0.160. The van der Waals surface area contributed by atoms with Crippen molar-refractivity contribution in [3.05, 3.63) is 111 Å². The summed E-state index contributed by atoms with van der Waals surface area (Å²) in [4.78, 5) is 62.5. The van der Waals surface area contributed by atoms with Crippen molar-refractivity contribution in [1.82, 2.24) is 18.3 Å². The Morgan fingerprint density at radius 1 is 0.630 bits per heavy atom. The fourth-order valence-electron chi connectivity index (χ4n) is 3.98. The Bertz CT molecular complexity index is 2020. The lowest BCUT2D eigenvalue weighted by molar-refractivity contribution is -0.144. The Morgan fingerprint density at radius 3 is 1.26 bits per heavy atom. The molecule has 4 rings (SSSR count). The lowest BCUT2D eigenvalue weighted by atomic mass is 10.2. The molecule has 0 atom stereocenters. The van der Waals surface area contributed by atoms with Gasteiger partial charge >= 0.3 is 29.9 Å². The number of carbonyl (C=O) groups is 1. The van der Waals surface area contributed by atoms with Crippen LogP contribution >= 0.6 is 23.2 Å². The first kappa shape index (κ1) is 34.0. The van der Waals surface area contributed by atoms with Crippen molar-refractivity contribution in [3.8, 4) is 22.9 Å². The Kier molecular flexibility index (Phi) is 8.71. The third kappa shape index (κ3) is 6.27. The Balaban J connectivity index is 1.73. The van der Waals surface area contributed by atoms with Crippen LogP contribution in [0, 0.1) is 11.6 Å². The van der Waals surface area contributed by atoms with Crippen molar-refractivity contribution in [2.45, 2.75) is 12.4 Å². The second-order valence-electron chi connectivity index (χ2n) is 9.01. The average molecular weight is 703 g/mol. The summed E-state index contributed by atoms with van der Waals surface area (Å²) in [6.45, 7) is 0. The zero-order valence-corrected chi connectivity index (χ0v) is 23.9. The minimum atomic E-state index is -5.13. The number of halogens is 10. The molecule has 2 aromatic carbocycles. The number of benzene rings is 2. The molecule has 11 nitrogen and oxygen atoms in total. The van der Waals surface area contributed by atoms with Gasteiger partial charge in [-0.3, -0.25) is 18.7 Å². The number of rotatable bonds is 4. The van der Waals surface area contributed by atoms with E-state index in [2.05, 4.69) is 0 Å². The second-order valence-corrected chi connectivity index (χ2v) is 9.82. The minimum Gasteiger partial charge on any atom is -0.393 e. The van der Waals surface area contributed by atoms with E-state index in [0.29, 0.717) is 38.4 Å². The standard InChI is InChI=1S/C25H12Cl2F8N4O7/c1-36-17(24(30,31)32)7-19(40)38(21(36)42)13-5-15(9(26)3-11(13)28)45-23(44)46-16-6-14(12(29)4-10(16)27)39-20(41)8-18(25(33,34)35)37(2)22(39)43/h3-8H,1-2H3. The highest BCUT2D eigenvalue weighted by atomic mass is 35.5. The quantitative estimate of drug-likeness (QED) is 0.173. The minimum absolute atomic E-state index is 0.00760. The van der Waals surface area contributed by atoms with Gasteiger partial charge in [0.2, 0.25) is 0 Å². The molecule has 0 N–H and O–H groups in total. The largest absolute Gasteiger partial charge is 0.519 e. The molecule has 2 aromatic heterocycles. The van der Waals surface area contributed by atoms with Gasteiger partial charge in [0.25, 0.3) is 11.1 Å². The van der Waals surface area contributed by atoms with Crippen LogP contribution in [0.3, 0.4) is 0 Å². The highest BCUT2D eigenvalue weighted by molar-refractivity contribution is 6.32. The highest BCUT2D eigenvalue weighted by Crippen LogP contribution is 2.33. The van der Waals surface area contributed by atoms with Crippen LogP contribution in [0.2, 0.25) is 10.0 Å². The second kappa shape index (κ2) is 11.8. The van der Waals surface area contributed by atoms with Crippen LogP contribution in [-0.2, 0) is 26.4 Å². The van der Waals surface area contributed by atoms with E-state index in [1.54, 1.807) is 0 Å². The summed E-state index contributed by atoms with van der Waals surface area (Å²) < 4.78 is 118. The zero-order chi connectivity index (χ0) is 34.6. The normalized spacial score (nSPS) is 11.9. The lowest BCUT2D eigenvalue weighted by Gasteiger charge is -2.16. The van der Waals surface area contributed by atoms with E-state index in [4.69, 9.17) is 32.7 Å². The molecule has 0 fully saturated rings. The van der Waals surface area contributed by atoms with Crippen molar-refractivity contribution >= 4 is 29.4 Å². The van der Waals surface area contributed by atoms with Gasteiger partial charge in [0.1, 0.15) is 23.0 Å². The molecular formula is C25H12Cl2F8N4O7. The van der Waals surface area contributed by atoms with Gasteiger partial charge < -0.3 is 9.47 Å². The number of nitrogens with zero attached hydrogens (tertiary/aromatic N) is 4. The molecule has 4 aromatic rings. The van der Waals surface area contributed by atoms with Gasteiger partial charge in [0.15, 0.2) is 11.5 Å². The molecule has 21 heteroatoms. The van der Waals surface area contributed by atoms with Crippen LogP contribution in [0.5, 0.6) is 11.5 Å². The third-order valence-corrected chi connectivity index (χ3v) is 6.68.